The molecule has 0 unspecified atom stereocenters. The Morgan fingerprint density at radius 2 is 1.90 bits per heavy atom. The average molecular weight is 476 g/mol. The summed E-state index contributed by atoms with van der Waals surface area (Å²) in [5.74, 6) is 0.598. The standard InChI is InChI=1S/C22H26BrN3O4/c1-5-30-22-17(23)11-16(12-19(22)29-4)13-24-26-21(28)10-9-20(27)25-18-8-6-7-14(2)15(18)3/h6-8,11-13H,5,9-10H2,1-4H3,(H,25,27)(H,26,28). The number of carbonyl (C=O) groups is 2. The van der Waals surface area contributed by atoms with Gasteiger partial charge < -0.3 is 14.8 Å². The highest BCUT2D eigenvalue weighted by Gasteiger charge is 2.11. The minimum atomic E-state index is -0.348. The lowest BCUT2D eigenvalue weighted by molar-refractivity contribution is -0.124. The molecule has 0 aliphatic rings. The van der Waals surface area contributed by atoms with Crippen molar-refractivity contribution in [3.63, 3.8) is 0 Å². The molecule has 8 heteroatoms. The van der Waals surface area contributed by atoms with Crippen LogP contribution in [0.3, 0.4) is 0 Å². The second-order valence-electron chi connectivity index (χ2n) is 6.56. The number of hydrogen-bond donors (Lipinski definition) is 2. The van der Waals surface area contributed by atoms with Crippen LogP contribution in [0.1, 0.15) is 36.5 Å². The highest BCUT2D eigenvalue weighted by molar-refractivity contribution is 9.10. The summed E-state index contributed by atoms with van der Waals surface area (Å²) in [5, 5.41) is 6.78. The molecule has 30 heavy (non-hydrogen) atoms. The third-order valence-corrected chi connectivity index (χ3v) is 4.99. The van der Waals surface area contributed by atoms with E-state index >= 15 is 0 Å². The summed E-state index contributed by atoms with van der Waals surface area (Å²) in [7, 11) is 1.55. The molecule has 0 heterocycles. The molecule has 0 fully saturated rings. The van der Waals surface area contributed by atoms with E-state index in [0.29, 0.717) is 18.1 Å². The Morgan fingerprint density at radius 1 is 1.17 bits per heavy atom. The van der Waals surface area contributed by atoms with Gasteiger partial charge in [-0.2, -0.15) is 5.10 Å². The van der Waals surface area contributed by atoms with Gasteiger partial charge in [-0.05, 0) is 71.6 Å². The molecule has 2 rings (SSSR count). The maximum atomic E-state index is 12.1. The van der Waals surface area contributed by atoms with Gasteiger partial charge in [-0.1, -0.05) is 12.1 Å². The quantitative estimate of drug-likeness (QED) is 0.416. The highest BCUT2D eigenvalue weighted by Crippen LogP contribution is 2.36. The molecule has 0 bridgehead atoms. The molecule has 0 aromatic heterocycles. The predicted molar refractivity (Wildman–Crippen MR) is 121 cm³/mol. The molecule has 2 N–H and O–H groups in total. The summed E-state index contributed by atoms with van der Waals surface area (Å²) >= 11 is 3.44. The van der Waals surface area contributed by atoms with Gasteiger partial charge in [0.15, 0.2) is 11.5 Å². The number of ether oxygens (including phenoxy) is 2. The normalized spacial score (nSPS) is 10.7. The smallest absolute Gasteiger partial charge is 0.240 e. The summed E-state index contributed by atoms with van der Waals surface area (Å²) in [6.45, 7) is 6.32. The Balaban J connectivity index is 1.87. The van der Waals surface area contributed by atoms with Gasteiger partial charge in [0.25, 0.3) is 0 Å². The zero-order chi connectivity index (χ0) is 22.1. The Kier molecular flexibility index (Phi) is 8.86. The zero-order valence-corrected chi connectivity index (χ0v) is 19.1. The minimum absolute atomic E-state index is 0.0321. The summed E-state index contributed by atoms with van der Waals surface area (Å²) in [4.78, 5) is 24.1. The van der Waals surface area contributed by atoms with Gasteiger partial charge in [0.2, 0.25) is 11.8 Å². The van der Waals surface area contributed by atoms with E-state index < -0.39 is 0 Å². The van der Waals surface area contributed by atoms with Crippen LogP contribution in [0.4, 0.5) is 5.69 Å². The molecule has 0 aliphatic carbocycles. The Hall–Kier alpha value is -2.87. The van der Waals surface area contributed by atoms with Crippen LogP contribution < -0.4 is 20.2 Å². The molecule has 2 aromatic rings. The van der Waals surface area contributed by atoms with E-state index in [1.54, 1.807) is 19.2 Å². The third kappa shape index (κ3) is 6.59. The second-order valence-corrected chi connectivity index (χ2v) is 7.41. The van der Waals surface area contributed by atoms with E-state index in [-0.39, 0.29) is 24.7 Å². The number of carbonyl (C=O) groups excluding carboxylic acids is 2. The lowest BCUT2D eigenvalue weighted by atomic mass is 10.1. The van der Waals surface area contributed by atoms with E-state index in [1.165, 1.54) is 6.21 Å². The number of amides is 2. The molecule has 2 aromatic carbocycles. The zero-order valence-electron chi connectivity index (χ0n) is 17.5. The van der Waals surface area contributed by atoms with Gasteiger partial charge in [0.05, 0.1) is 24.4 Å². The summed E-state index contributed by atoms with van der Waals surface area (Å²) in [6, 6.07) is 9.26. The topological polar surface area (TPSA) is 89.0 Å². The SMILES string of the molecule is CCOc1c(Br)cc(C=NNC(=O)CCC(=O)Nc2cccc(C)c2C)cc1OC. The van der Waals surface area contributed by atoms with E-state index in [2.05, 4.69) is 31.8 Å². The van der Waals surface area contributed by atoms with Crippen LogP contribution in [0.2, 0.25) is 0 Å². The molecular weight excluding hydrogens is 450 g/mol. The fraction of sp³-hybridized carbons (Fsp3) is 0.318. The molecule has 0 spiro atoms. The number of nitrogens with zero attached hydrogens (tertiary/aromatic N) is 1. The van der Waals surface area contributed by atoms with Gasteiger partial charge in [-0.15, -0.1) is 0 Å². The van der Waals surface area contributed by atoms with Gasteiger partial charge in [-0.25, -0.2) is 5.43 Å². The maximum Gasteiger partial charge on any atom is 0.240 e. The number of anilines is 1. The van der Waals surface area contributed by atoms with Gasteiger partial charge >= 0.3 is 0 Å². The van der Waals surface area contributed by atoms with Crippen molar-refractivity contribution >= 4 is 39.6 Å². The first-order valence-corrected chi connectivity index (χ1v) is 10.3. The van der Waals surface area contributed by atoms with Crippen molar-refractivity contribution in [3.05, 3.63) is 51.5 Å². The van der Waals surface area contributed by atoms with Crippen LogP contribution in [-0.4, -0.2) is 31.7 Å². The van der Waals surface area contributed by atoms with Crippen molar-refractivity contribution in [3.8, 4) is 11.5 Å². The van der Waals surface area contributed by atoms with Crippen LogP contribution in [0, 0.1) is 13.8 Å². The van der Waals surface area contributed by atoms with Crippen molar-refractivity contribution in [2.24, 2.45) is 5.10 Å². The van der Waals surface area contributed by atoms with E-state index in [4.69, 9.17) is 9.47 Å². The molecule has 160 valence electrons. The molecule has 2 amide bonds. The van der Waals surface area contributed by atoms with Crippen molar-refractivity contribution in [1.29, 1.82) is 0 Å². The number of rotatable bonds is 9. The maximum absolute atomic E-state index is 12.1. The second kappa shape index (κ2) is 11.3. The highest BCUT2D eigenvalue weighted by atomic mass is 79.9. The van der Waals surface area contributed by atoms with Crippen LogP contribution in [0.5, 0.6) is 11.5 Å². The van der Waals surface area contributed by atoms with Crippen LogP contribution in [0.25, 0.3) is 0 Å². The number of hydrogen-bond acceptors (Lipinski definition) is 5. The summed E-state index contributed by atoms with van der Waals surface area (Å²) in [6.07, 6.45) is 1.60. The molecule has 0 radical (unpaired) electrons. The monoisotopic (exact) mass is 475 g/mol. The van der Waals surface area contributed by atoms with Crippen LogP contribution in [0.15, 0.2) is 39.9 Å². The predicted octanol–water partition coefficient (Wildman–Crippen LogP) is 4.34. The van der Waals surface area contributed by atoms with Crippen molar-refractivity contribution in [1.82, 2.24) is 5.43 Å². The van der Waals surface area contributed by atoms with Gasteiger partial charge in [-0.3, -0.25) is 9.59 Å². The van der Waals surface area contributed by atoms with Crippen LogP contribution >= 0.6 is 15.9 Å². The molecule has 0 atom stereocenters. The summed E-state index contributed by atoms with van der Waals surface area (Å²) in [5.41, 5.74) is 6.01. The van der Waals surface area contributed by atoms with E-state index in [0.717, 1.165) is 26.9 Å². The van der Waals surface area contributed by atoms with Gasteiger partial charge in [0, 0.05) is 18.5 Å². The third-order valence-electron chi connectivity index (χ3n) is 4.40. The lowest BCUT2D eigenvalue weighted by Gasteiger charge is -2.12. The Bertz CT molecular complexity index is 944. The number of hydrazone groups is 1. The fourth-order valence-electron chi connectivity index (χ4n) is 2.66. The molecule has 0 saturated carbocycles. The number of nitrogens with one attached hydrogen (secondary N) is 2. The Labute approximate surface area is 185 Å². The minimum Gasteiger partial charge on any atom is -0.493 e. The first kappa shape index (κ1) is 23.4. The first-order valence-electron chi connectivity index (χ1n) is 9.54. The van der Waals surface area contributed by atoms with Crippen molar-refractivity contribution in [2.75, 3.05) is 19.0 Å². The van der Waals surface area contributed by atoms with E-state index in [9.17, 15) is 9.59 Å². The fourth-order valence-corrected chi connectivity index (χ4v) is 3.23. The average Bonchev–Trinajstić information content (AvgIpc) is 2.71. The molecule has 7 nitrogen and oxygen atoms in total. The van der Waals surface area contributed by atoms with Crippen molar-refractivity contribution < 1.29 is 19.1 Å². The molecular formula is C22H26BrN3O4. The number of halogens is 1. The van der Waals surface area contributed by atoms with Crippen LogP contribution in [-0.2, 0) is 9.59 Å². The number of methoxy groups -OCH3 is 1. The molecule has 0 saturated heterocycles. The summed E-state index contributed by atoms with van der Waals surface area (Å²) < 4.78 is 11.6. The number of aryl methyl sites for hydroxylation is 1. The van der Waals surface area contributed by atoms with Gasteiger partial charge in [0.1, 0.15) is 0 Å². The van der Waals surface area contributed by atoms with Crippen molar-refractivity contribution in [2.45, 2.75) is 33.6 Å². The number of benzene rings is 2. The first-order chi connectivity index (χ1) is 14.3. The largest absolute Gasteiger partial charge is 0.493 e. The lowest BCUT2D eigenvalue weighted by Crippen LogP contribution is -2.21. The molecule has 0 aliphatic heterocycles. The van der Waals surface area contributed by atoms with E-state index in [1.807, 2.05) is 39.0 Å². The Morgan fingerprint density at radius 3 is 2.60 bits per heavy atom.